The summed E-state index contributed by atoms with van der Waals surface area (Å²) in [6.07, 6.45) is 43.8. The highest BCUT2D eigenvalue weighted by molar-refractivity contribution is 5.71. The van der Waals surface area contributed by atoms with E-state index in [-0.39, 0.29) is 31.1 Å². The van der Waals surface area contributed by atoms with Crippen LogP contribution in [0.3, 0.4) is 0 Å². The molecule has 0 fully saturated rings. The largest absolute Gasteiger partial charge is 0.462 e. The number of carbonyl (C=O) groups excluding carboxylic acids is 3. The van der Waals surface area contributed by atoms with Crippen molar-refractivity contribution >= 4 is 17.9 Å². The van der Waals surface area contributed by atoms with E-state index in [2.05, 4.69) is 27.7 Å². The van der Waals surface area contributed by atoms with Gasteiger partial charge in [0.2, 0.25) is 0 Å². The van der Waals surface area contributed by atoms with Crippen LogP contribution in [0.15, 0.2) is 0 Å². The predicted molar refractivity (Wildman–Crippen MR) is 233 cm³/mol. The molecule has 0 amide bonds. The second kappa shape index (κ2) is 43.5. The molecule has 0 aliphatic carbocycles. The lowest BCUT2D eigenvalue weighted by atomic mass is 10.0. The van der Waals surface area contributed by atoms with Gasteiger partial charge >= 0.3 is 17.9 Å². The molecule has 0 bridgehead atoms. The molecule has 0 aliphatic rings. The van der Waals surface area contributed by atoms with Crippen LogP contribution in [0.25, 0.3) is 0 Å². The Morgan fingerprint density at radius 3 is 0.891 bits per heavy atom. The second-order valence-corrected chi connectivity index (χ2v) is 17.2. The number of ether oxygens (including phenoxy) is 3. The van der Waals surface area contributed by atoms with Crippen molar-refractivity contribution in [3.63, 3.8) is 0 Å². The standard InChI is InChI=1S/C49H94O6/c1-5-7-9-11-13-15-17-18-19-20-21-22-24-30-34-38-42-49(52)55-46(43-53-47(50)40-36-32-28-23-16-14-12-10-8-6-2)44-54-48(51)41-37-33-29-26-25-27-31-35-39-45(3)4/h45-46H,5-44H2,1-4H3/t46-/m1/s1. The summed E-state index contributed by atoms with van der Waals surface area (Å²) in [6.45, 7) is 8.97. The molecule has 0 aliphatic heterocycles. The highest BCUT2D eigenvalue weighted by atomic mass is 16.6. The SMILES string of the molecule is CCCCCCCCCCCCCCCCCCC(=O)O[C@H](COC(=O)CCCCCCCCCCCC)COC(=O)CCCCCCCCCCC(C)C. The lowest BCUT2D eigenvalue weighted by Crippen LogP contribution is -2.30. The van der Waals surface area contributed by atoms with E-state index in [9.17, 15) is 14.4 Å². The summed E-state index contributed by atoms with van der Waals surface area (Å²) in [6, 6.07) is 0. The third-order valence-electron chi connectivity index (χ3n) is 11.0. The Labute approximate surface area is 342 Å². The number of rotatable bonds is 44. The third-order valence-corrected chi connectivity index (χ3v) is 11.0. The average Bonchev–Trinajstić information content (AvgIpc) is 3.17. The summed E-state index contributed by atoms with van der Waals surface area (Å²) in [5.74, 6) is -0.0554. The molecule has 1 atom stereocenters. The molecule has 0 aromatic rings. The molecule has 0 aromatic heterocycles. The van der Waals surface area contributed by atoms with E-state index in [1.807, 2.05) is 0 Å². The molecule has 326 valence electrons. The minimum absolute atomic E-state index is 0.0637. The van der Waals surface area contributed by atoms with E-state index < -0.39 is 6.10 Å². The van der Waals surface area contributed by atoms with Crippen molar-refractivity contribution in [2.75, 3.05) is 13.2 Å². The van der Waals surface area contributed by atoms with E-state index in [0.29, 0.717) is 19.3 Å². The predicted octanol–water partition coefficient (Wildman–Crippen LogP) is 15.5. The molecule has 0 spiro atoms. The lowest BCUT2D eigenvalue weighted by Gasteiger charge is -2.18. The first kappa shape index (κ1) is 53.4. The van der Waals surface area contributed by atoms with Crippen molar-refractivity contribution in [3.8, 4) is 0 Å². The zero-order chi connectivity index (χ0) is 40.3. The summed E-state index contributed by atoms with van der Waals surface area (Å²) < 4.78 is 16.7. The summed E-state index contributed by atoms with van der Waals surface area (Å²) in [4.78, 5) is 37.8. The Morgan fingerprint density at radius 2 is 0.600 bits per heavy atom. The maximum atomic E-state index is 12.7. The third kappa shape index (κ3) is 43.4. The molecular weight excluding hydrogens is 685 g/mol. The van der Waals surface area contributed by atoms with Gasteiger partial charge in [-0.1, -0.05) is 233 Å². The number of hydrogen-bond donors (Lipinski definition) is 0. The van der Waals surface area contributed by atoms with Gasteiger partial charge in [-0.05, 0) is 25.2 Å². The van der Waals surface area contributed by atoms with Crippen molar-refractivity contribution in [1.82, 2.24) is 0 Å². The van der Waals surface area contributed by atoms with Gasteiger partial charge in [0.1, 0.15) is 13.2 Å². The van der Waals surface area contributed by atoms with Gasteiger partial charge < -0.3 is 14.2 Å². The van der Waals surface area contributed by atoms with Gasteiger partial charge in [-0.25, -0.2) is 0 Å². The topological polar surface area (TPSA) is 78.9 Å². The van der Waals surface area contributed by atoms with Crippen molar-refractivity contribution in [3.05, 3.63) is 0 Å². The molecule has 0 saturated carbocycles. The average molecular weight is 779 g/mol. The number of carbonyl (C=O) groups is 3. The second-order valence-electron chi connectivity index (χ2n) is 17.2. The Balaban J connectivity index is 4.29. The van der Waals surface area contributed by atoms with Crippen LogP contribution < -0.4 is 0 Å². The first-order valence-corrected chi connectivity index (χ1v) is 24.4. The van der Waals surface area contributed by atoms with Gasteiger partial charge in [-0.2, -0.15) is 0 Å². The quantitative estimate of drug-likeness (QED) is 0.0348. The van der Waals surface area contributed by atoms with Crippen molar-refractivity contribution in [2.45, 2.75) is 278 Å². The van der Waals surface area contributed by atoms with Crippen molar-refractivity contribution in [1.29, 1.82) is 0 Å². The Bertz CT molecular complexity index is 826. The minimum Gasteiger partial charge on any atom is -0.462 e. The first-order valence-electron chi connectivity index (χ1n) is 24.4. The van der Waals surface area contributed by atoms with Gasteiger partial charge in [0.25, 0.3) is 0 Å². The molecule has 0 radical (unpaired) electrons. The smallest absolute Gasteiger partial charge is 0.306 e. The van der Waals surface area contributed by atoms with Crippen LogP contribution in [-0.2, 0) is 28.6 Å². The van der Waals surface area contributed by atoms with Crippen LogP contribution in [0.5, 0.6) is 0 Å². The maximum Gasteiger partial charge on any atom is 0.306 e. The molecule has 0 saturated heterocycles. The van der Waals surface area contributed by atoms with E-state index in [1.165, 1.54) is 167 Å². The fourth-order valence-corrected chi connectivity index (χ4v) is 7.33. The Morgan fingerprint density at radius 1 is 0.345 bits per heavy atom. The monoisotopic (exact) mass is 779 g/mol. The zero-order valence-electron chi connectivity index (χ0n) is 37.4. The van der Waals surface area contributed by atoms with Crippen LogP contribution in [0, 0.1) is 5.92 Å². The summed E-state index contributed by atoms with van der Waals surface area (Å²) in [7, 11) is 0. The molecule has 0 heterocycles. The lowest BCUT2D eigenvalue weighted by molar-refractivity contribution is -0.167. The normalized spacial score (nSPS) is 11.9. The van der Waals surface area contributed by atoms with E-state index in [0.717, 1.165) is 63.7 Å². The minimum atomic E-state index is -0.759. The van der Waals surface area contributed by atoms with Crippen molar-refractivity contribution < 1.29 is 28.6 Å². The van der Waals surface area contributed by atoms with Gasteiger partial charge in [0.05, 0.1) is 0 Å². The molecule has 6 heteroatoms. The van der Waals surface area contributed by atoms with Gasteiger partial charge in [-0.15, -0.1) is 0 Å². The molecule has 0 N–H and O–H groups in total. The summed E-state index contributed by atoms with van der Waals surface area (Å²) >= 11 is 0. The van der Waals surface area contributed by atoms with Crippen LogP contribution in [0.2, 0.25) is 0 Å². The van der Waals surface area contributed by atoms with Crippen molar-refractivity contribution in [2.24, 2.45) is 5.92 Å². The zero-order valence-corrected chi connectivity index (χ0v) is 37.4. The Hall–Kier alpha value is -1.59. The summed E-state index contributed by atoms with van der Waals surface area (Å²) in [5, 5.41) is 0. The van der Waals surface area contributed by atoms with Crippen LogP contribution >= 0.6 is 0 Å². The molecule has 55 heavy (non-hydrogen) atoms. The van der Waals surface area contributed by atoms with Crippen LogP contribution in [0.1, 0.15) is 272 Å². The molecule has 0 unspecified atom stereocenters. The van der Waals surface area contributed by atoms with Gasteiger partial charge in [0.15, 0.2) is 6.10 Å². The van der Waals surface area contributed by atoms with Crippen LogP contribution in [-0.4, -0.2) is 37.2 Å². The van der Waals surface area contributed by atoms with E-state index >= 15 is 0 Å². The molecular formula is C49H94O6. The molecule has 0 rings (SSSR count). The fourth-order valence-electron chi connectivity index (χ4n) is 7.33. The fraction of sp³-hybridized carbons (Fsp3) is 0.939. The number of esters is 3. The number of hydrogen-bond acceptors (Lipinski definition) is 6. The number of unbranched alkanes of at least 4 members (excludes halogenated alkanes) is 31. The molecule has 6 nitrogen and oxygen atoms in total. The van der Waals surface area contributed by atoms with Gasteiger partial charge in [-0.3, -0.25) is 14.4 Å². The first-order chi connectivity index (χ1) is 26.9. The highest BCUT2D eigenvalue weighted by Crippen LogP contribution is 2.16. The maximum absolute atomic E-state index is 12.7. The van der Waals surface area contributed by atoms with E-state index in [1.54, 1.807) is 0 Å². The van der Waals surface area contributed by atoms with Gasteiger partial charge in [0, 0.05) is 19.3 Å². The van der Waals surface area contributed by atoms with E-state index in [4.69, 9.17) is 14.2 Å². The summed E-state index contributed by atoms with van der Waals surface area (Å²) in [5.41, 5.74) is 0. The Kier molecular flexibility index (Phi) is 42.3. The highest BCUT2D eigenvalue weighted by Gasteiger charge is 2.19. The van der Waals surface area contributed by atoms with Crippen LogP contribution in [0.4, 0.5) is 0 Å². The molecule has 0 aromatic carbocycles.